The molecule has 0 bridgehead atoms. The molecule has 1 aliphatic heterocycles. The van der Waals surface area contributed by atoms with Crippen LogP contribution in [0.2, 0.25) is 0 Å². The summed E-state index contributed by atoms with van der Waals surface area (Å²) in [5, 5.41) is 15.3. The summed E-state index contributed by atoms with van der Waals surface area (Å²) in [5.74, 6) is -0.305. The van der Waals surface area contributed by atoms with Crippen molar-refractivity contribution in [1.29, 1.82) is 0 Å². The number of rotatable bonds is 7. The smallest absolute Gasteiger partial charge is 0.272 e. The number of piperazine rings is 1. The third-order valence-electron chi connectivity index (χ3n) is 7.73. The Morgan fingerprint density at radius 3 is 2.65 bits per heavy atom. The minimum Gasteiger partial charge on any atom is -0.436 e. The van der Waals surface area contributed by atoms with E-state index >= 15 is 0 Å². The fourth-order valence-corrected chi connectivity index (χ4v) is 5.35. The molecular weight excluding hydrogens is 553 g/mol. The van der Waals surface area contributed by atoms with E-state index in [0.717, 1.165) is 5.56 Å². The van der Waals surface area contributed by atoms with Crippen molar-refractivity contribution >= 4 is 28.6 Å². The lowest BCUT2D eigenvalue weighted by Crippen LogP contribution is -2.50. The Labute approximate surface area is 246 Å². The molecule has 1 N–H and O–H groups in total. The minimum atomic E-state index is -1.07. The number of oxazole rings is 1. The summed E-state index contributed by atoms with van der Waals surface area (Å²) in [4.78, 5) is 39.7. The number of fused-ring (bicyclic) bond motifs is 1. The number of nitrogens with zero attached hydrogens (tertiary/aromatic N) is 8. The van der Waals surface area contributed by atoms with Crippen molar-refractivity contribution in [3.8, 4) is 11.5 Å². The van der Waals surface area contributed by atoms with Gasteiger partial charge in [0.15, 0.2) is 11.4 Å². The summed E-state index contributed by atoms with van der Waals surface area (Å²) in [6.45, 7) is 2.11. The first kappa shape index (κ1) is 25.7. The van der Waals surface area contributed by atoms with Gasteiger partial charge in [-0.05, 0) is 47.5 Å². The fraction of sp³-hybridized carbons (Fsp3) is 0.300. The first-order valence-corrected chi connectivity index (χ1v) is 13.9. The molecule has 1 saturated carbocycles. The van der Waals surface area contributed by atoms with Crippen LogP contribution in [-0.4, -0.2) is 84.1 Å². The van der Waals surface area contributed by atoms with E-state index in [-0.39, 0.29) is 37.0 Å². The molecule has 1 aliphatic carbocycles. The van der Waals surface area contributed by atoms with Crippen LogP contribution in [0, 0.1) is 5.92 Å². The molecule has 2 amide bonds. The largest absolute Gasteiger partial charge is 0.436 e. The molecule has 3 aromatic heterocycles. The van der Waals surface area contributed by atoms with Crippen LogP contribution < -0.4 is 5.32 Å². The van der Waals surface area contributed by atoms with Gasteiger partial charge in [0.25, 0.3) is 5.91 Å². The molecule has 3 atom stereocenters. The maximum Gasteiger partial charge on any atom is 0.272 e. The molecule has 218 valence electrons. The van der Waals surface area contributed by atoms with E-state index in [1.165, 1.54) is 4.80 Å². The normalized spacial score (nSPS) is 19.7. The lowest BCUT2D eigenvalue weighted by molar-refractivity contribution is -0.117. The number of aryl methyl sites for hydroxylation is 1. The van der Waals surface area contributed by atoms with E-state index in [9.17, 15) is 14.0 Å². The van der Waals surface area contributed by atoms with Crippen molar-refractivity contribution in [2.45, 2.75) is 18.6 Å². The highest BCUT2D eigenvalue weighted by Crippen LogP contribution is 2.35. The maximum absolute atomic E-state index is 13.5. The molecule has 5 aromatic rings. The summed E-state index contributed by atoms with van der Waals surface area (Å²) < 4.78 is 26.7. The van der Waals surface area contributed by atoms with Crippen molar-refractivity contribution in [1.82, 2.24) is 40.0 Å². The average molecular weight is 583 g/mol. The third kappa shape index (κ3) is 5.46. The van der Waals surface area contributed by atoms with Crippen LogP contribution in [0.1, 0.15) is 35.7 Å². The third-order valence-corrected chi connectivity index (χ3v) is 7.73. The van der Waals surface area contributed by atoms with Gasteiger partial charge in [-0.15, -0.1) is 10.2 Å². The Morgan fingerprint density at radius 2 is 1.91 bits per heavy atom. The molecule has 0 radical (unpaired) electrons. The van der Waals surface area contributed by atoms with E-state index in [1.807, 2.05) is 30.3 Å². The topological polar surface area (TPSA) is 135 Å². The number of aromatic nitrogens is 6. The van der Waals surface area contributed by atoms with Crippen molar-refractivity contribution in [2.24, 2.45) is 12.9 Å². The summed E-state index contributed by atoms with van der Waals surface area (Å²) in [7, 11) is -0.117. The number of nitrogens with one attached hydrogen (secondary N) is 1. The number of amides is 2. The van der Waals surface area contributed by atoms with Crippen molar-refractivity contribution < 1.29 is 19.8 Å². The zero-order valence-corrected chi connectivity index (χ0v) is 23.0. The molecule has 43 heavy (non-hydrogen) atoms. The number of halogens is 1. The zero-order chi connectivity index (χ0) is 30.2. The second-order valence-corrected chi connectivity index (χ2v) is 10.6. The standard InChI is InChI=1S/C30H28FN9O3/c1-38-36-27(35-37-38)26(18-5-3-2-4-6-18)39-11-13-40(14-12-39)30(42)24-15-19(9-10-32-24)29-34-23-16-20(7-8-25(23)43-29)33-28(41)21-17-22(21)31/h2-10,15-16,21-22,26H,11-14,17H2,1H3,(H,33,41)/t21-,22+,26?/m1/s1/i1D. The molecule has 0 spiro atoms. The predicted molar refractivity (Wildman–Crippen MR) is 153 cm³/mol. The number of carbonyl (C=O) groups excluding carboxylic acids is 2. The van der Waals surface area contributed by atoms with Gasteiger partial charge in [0.1, 0.15) is 17.4 Å². The van der Waals surface area contributed by atoms with E-state index in [4.69, 9.17) is 5.79 Å². The maximum atomic E-state index is 13.5. The molecule has 7 rings (SSSR count). The summed E-state index contributed by atoms with van der Waals surface area (Å²) >= 11 is 0. The second kappa shape index (κ2) is 11.0. The lowest BCUT2D eigenvalue weighted by atomic mass is 10.0. The molecule has 2 aliphatic rings. The minimum absolute atomic E-state index is 0.117. The van der Waals surface area contributed by atoms with Crippen LogP contribution in [0.5, 0.6) is 0 Å². The van der Waals surface area contributed by atoms with Gasteiger partial charge >= 0.3 is 0 Å². The van der Waals surface area contributed by atoms with Crippen molar-refractivity contribution in [3.05, 3.63) is 83.9 Å². The van der Waals surface area contributed by atoms with E-state index < -0.39 is 12.1 Å². The van der Waals surface area contributed by atoms with Gasteiger partial charge < -0.3 is 14.6 Å². The summed E-state index contributed by atoms with van der Waals surface area (Å²) in [6.07, 6.45) is 0.732. The predicted octanol–water partition coefficient (Wildman–Crippen LogP) is 3.26. The number of alkyl halides is 1. The molecule has 1 saturated heterocycles. The molecule has 2 aromatic carbocycles. The van der Waals surface area contributed by atoms with Gasteiger partial charge in [0, 0.05) is 45.0 Å². The molecule has 12 nitrogen and oxygen atoms in total. The Hall–Kier alpha value is -5.04. The number of anilines is 1. The van der Waals surface area contributed by atoms with Gasteiger partial charge in [0.2, 0.25) is 11.8 Å². The van der Waals surface area contributed by atoms with Crippen LogP contribution in [0.25, 0.3) is 22.6 Å². The lowest BCUT2D eigenvalue weighted by Gasteiger charge is -2.38. The number of pyridine rings is 1. The SMILES string of the molecule is [2H]Cn1nnc(C(c2ccccc2)N2CCN(C(=O)c3cc(-c4nc5cc(NC(=O)[C@@H]6C[C@@H]6F)ccc5o4)ccn3)CC2)n1. The van der Waals surface area contributed by atoms with E-state index in [1.54, 1.807) is 41.4 Å². The van der Waals surface area contributed by atoms with Crippen LogP contribution in [0.4, 0.5) is 10.1 Å². The quantitative estimate of drug-likeness (QED) is 0.307. The van der Waals surface area contributed by atoms with Crippen molar-refractivity contribution in [2.75, 3.05) is 31.5 Å². The van der Waals surface area contributed by atoms with Crippen LogP contribution >= 0.6 is 0 Å². The number of tetrazole rings is 1. The van der Waals surface area contributed by atoms with Gasteiger partial charge in [-0.3, -0.25) is 19.5 Å². The first-order chi connectivity index (χ1) is 21.5. The van der Waals surface area contributed by atoms with Gasteiger partial charge in [-0.1, -0.05) is 30.3 Å². The van der Waals surface area contributed by atoms with Gasteiger partial charge in [-0.2, -0.15) is 4.80 Å². The molecule has 4 heterocycles. The molecule has 13 heteroatoms. The Bertz CT molecular complexity index is 1820. The second-order valence-electron chi connectivity index (χ2n) is 10.6. The van der Waals surface area contributed by atoms with E-state index in [0.29, 0.717) is 60.2 Å². The number of benzene rings is 2. The number of hydrogen-bond donors (Lipinski definition) is 1. The highest BCUT2D eigenvalue weighted by molar-refractivity contribution is 5.96. The van der Waals surface area contributed by atoms with Crippen LogP contribution in [-0.2, 0) is 11.8 Å². The number of carbonyl (C=O) groups is 2. The van der Waals surface area contributed by atoms with Crippen molar-refractivity contribution in [3.63, 3.8) is 0 Å². The average Bonchev–Trinajstić information content (AvgIpc) is 3.41. The van der Waals surface area contributed by atoms with Crippen LogP contribution in [0.15, 0.2) is 71.3 Å². The molecule has 2 fully saturated rings. The Kier molecular flexibility index (Phi) is 6.55. The molecule has 1 unspecified atom stereocenters. The highest BCUT2D eigenvalue weighted by Gasteiger charge is 2.43. The monoisotopic (exact) mass is 582 g/mol. The Morgan fingerprint density at radius 1 is 1.09 bits per heavy atom. The van der Waals surface area contributed by atoms with Crippen LogP contribution in [0.3, 0.4) is 0 Å². The fourth-order valence-electron chi connectivity index (χ4n) is 5.35. The van der Waals surface area contributed by atoms with E-state index in [2.05, 4.69) is 35.6 Å². The van der Waals surface area contributed by atoms with Gasteiger partial charge in [-0.25, -0.2) is 9.37 Å². The highest BCUT2D eigenvalue weighted by atomic mass is 19.1. The Balaban J connectivity index is 1.05. The molecular formula is C30H28FN9O3. The summed E-state index contributed by atoms with van der Waals surface area (Å²) in [5.41, 5.74) is 3.42. The summed E-state index contributed by atoms with van der Waals surface area (Å²) in [6, 6.07) is 18.1. The number of hydrogen-bond acceptors (Lipinski definition) is 9. The first-order valence-electron chi connectivity index (χ1n) is 14.6. The zero-order valence-electron chi connectivity index (χ0n) is 24.0. The van der Waals surface area contributed by atoms with Gasteiger partial charge in [0.05, 0.1) is 19.0 Å².